The van der Waals surface area contributed by atoms with E-state index in [2.05, 4.69) is 6.07 Å². The van der Waals surface area contributed by atoms with Crippen LogP contribution in [0.25, 0.3) is 0 Å². The minimum atomic E-state index is 0.621. The van der Waals surface area contributed by atoms with E-state index in [0.717, 1.165) is 17.7 Å². The molecule has 0 atom stereocenters. The van der Waals surface area contributed by atoms with Gasteiger partial charge in [0, 0.05) is 18.3 Å². The summed E-state index contributed by atoms with van der Waals surface area (Å²) in [6, 6.07) is 16.7. The summed E-state index contributed by atoms with van der Waals surface area (Å²) in [6.45, 7) is 0. The first kappa shape index (κ1) is 11.9. The number of hydrogen-bond acceptors (Lipinski definition) is 3. The van der Waals surface area contributed by atoms with Crippen molar-refractivity contribution in [3.8, 4) is 6.07 Å². The monoisotopic (exact) mass is 236 g/mol. The Morgan fingerprint density at radius 2 is 1.78 bits per heavy atom. The van der Waals surface area contributed by atoms with E-state index in [1.165, 1.54) is 0 Å². The van der Waals surface area contributed by atoms with Gasteiger partial charge in [-0.05, 0) is 36.4 Å². The van der Waals surface area contributed by atoms with Gasteiger partial charge < -0.3 is 4.90 Å². The molecule has 3 nitrogen and oxygen atoms in total. The lowest BCUT2D eigenvalue weighted by Crippen LogP contribution is -2.11. The molecule has 0 unspecified atom stereocenters. The van der Waals surface area contributed by atoms with E-state index < -0.39 is 0 Å². The maximum absolute atomic E-state index is 11.0. The van der Waals surface area contributed by atoms with E-state index in [4.69, 9.17) is 5.26 Å². The van der Waals surface area contributed by atoms with Crippen LogP contribution in [0.5, 0.6) is 0 Å². The van der Waals surface area contributed by atoms with Crippen LogP contribution in [0.4, 0.5) is 11.4 Å². The molecule has 88 valence electrons. The van der Waals surface area contributed by atoms with Gasteiger partial charge in [-0.3, -0.25) is 4.79 Å². The van der Waals surface area contributed by atoms with E-state index in [1.54, 1.807) is 18.2 Å². The number of benzene rings is 2. The maximum atomic E-state index is 11.0. The first-order valence-corrected chi connectivity index (χ1v) is 5.54. The molecule has 0 aliphatic heterocycles. The molecule has 3 heteroatoms. The van der Waals surface area contributed by atoms with Crippen LogP contribution >= 0.6 is 0 Å². The van der Waals surface area contributed by atoms with Gasteiger partial charge in [0.05, 0.1) is 17.3 Å². The van der Waals surface area contributed by atoms with Gasteiger partial charge in [0.15, 0.2) is 6.29 Å². The summed E-state index contributed by atoms with van der Waals surface area (Å²) in [5, 5.41) is 8.76. The van der Waals surface area contributed by atoms with Crippen LogP contribution in [0.1, 0.15) is 15.9 Å². The minimum Gasteiger partial charge on any atom is -0.344 e. The Morgan fingerprint density at radius 3 is 2.39 bits per heavy atom. The van der Waals surface area contributed by atoms with Crippen molar-refractivity contribution in [1.29, 1.82) is 5.26 Å². The molecule has 0 amide bonds. The number of aldehydes is 1. The Hall–Kier alpha value is -2.60. The molecule has 0 aliphatic rings. The highest BCUT2D eigenvalue weighted by molar-refractivity contribution is 5.86. The Bertz CT molecular complexity index is 597. The zero-order valence-corrected chi connectivity index (χ0v) is 10.00. The summed E-state index contributed by atoms with van der Waals surface area (Å²) in [5.41, 5.74) is 3.04. The molecule has 0 aliphatic carbocycles. The first-order valence-electron chi connectivity index (χ1n) is 5.54. The van der Waals surface area contributed by atoms with Crippen molar-refractivity contribution < 1.29 is 4.79 Å². The molecule has 0 saturated carbocycles. The molecule has 2 rings (SSSR count). The van der Waals surface area contributed by atoms with E-state index in [-0.39, 0.29) is 0 Å². The van der Waals surface area contributed by atoms with Crippen LogP contribution < -0.4 is 4.90 Å². The Kier molecular flexibility index (Phi) is 3.40. The van der Waals surface area contributed by atoms with Gasteiger partial charge in [-0.25, -0.2) is 0 Å². The number of hydrogen-bond donors (Lipinski definition) is 0. The number of carbonyl (C=O) groups is 1. The van der Waals surface area contributed by atoms with Crippen LogP contribution in [0, 0.1) is 11.3 Å². The number of anilines is 2. The van der Waals surface area contributed by atoms with Gasteiger partial charge in [0.2, 0.25) is 0 Å². The number of carbonyl (C=O) groups excluding carboxylic acids is 1. The van der Waals surface area contributed by atoms with Gasteiger partial charge >= 0.3 is 0 Å². The highest BCUT2D eigenvalue weighted by atomic mass is 16.1. The quantitative estimate of drug-likeness (QED) is 0.769. The van der Waals surface area contributed by atoms with Crippen LogP contribution in [-0.4, -0.2) is 13.3 Å². The van der Waals surface area contributed by atoms with Gasteiger partial charge in [0.25, 0.3) is 0 Å². The molecule has 0 radical (unpaired) electrons. The van der Waals surface area contributed by atoms with Crippen LogP contribution in [0.15, 0.2) is 48.5 Å². The molecular weight excluding hydrogens is 224 g/mol. The molecule has 0 spiro atoms. The normalized spacial score (nSPS) is 9.56. The number of nitriles is 1. The third-order valence-corrected chi connectivity index (χ3v) is 2.81. The fourth-order valence-electron chi connectivity index (χ4n) is 1.79. The topological polar surface area (TPSA) is 44.1 Å². The Balaban J connectivity index is 2.38. The van der Waals surface area contributed by atoms with Crippen molar-refractivity contribution >= 4 is 17.7 Å². The van der Waals surface area contributed by atoms with E-state index in [1.807, 2.05) is 42.3 Å². The average molecular weight is 236 g/mol. The lowest BCUT2D eigenvalue weighted by atomic mass is 10.1. The Morgan fingerprint density at radius 1 is 1.11 bits per heavy atom. The van der Waals surface area contributed by atoms with Crippen molar-refractivity contribution in [3.05, 3.63) is 59.7 Å². The second-order valence-electron chi connectivity index (χ2n) is 3.89. The second kappa shape index (κ2) is 5.15. The molecule has 0 fully saturated rings. The molecule has 2 aromatic carbocycles. The van der Waals surface area contributed by atoms with E-state index in [0.29, 0.717) is 11.1 Å². The molecule has 0 N–H and O–H groups in total. The zero-order chi connectivity index (χ0) is 13.0. The van der Waals surface area contributed by atoms with Crippen molar-refractivity contribution in [1.82, 2.24) is 0 Å². The SMILES string of the molecule is CN(c1ccc(C#N)cc1)c1ccccc1C=O. The fraction of sp³-hybridized carbons (Fsp3) is 0.0667. The van der Waals surface area contributed by atoms with Gasteiger partial charge in [-0.2, -0.15) is 5.26 Å². The summed E-state index contributed by atoms with van der Waals surface area (Å²) < 4.78 is 0. The number of para-hydroxylation sites is 1. The molecule has 0 saturated heterocycles. The van der Waals surface area contributed by atoms with Crippen molar-refractivity contribution in [3.63, 3.8) is 0 Å². The largest absolute Gasteiger partial charge is 0.344 e. The third kappa shape index (κ3) is 2.23. The summed E-state index contributed by atoms with van der Waals surface area (Å²) in [5.74, 6) is 0. The number of rotatable bonds is 3. The third-order valence-electron chi connectivity index (χ3n) is 2.81. The van der Waals surface area contributed by atoms with Crippen molar-refractivity contribution in [2.45, 2.75) is 0 Å². The van der Waals surface area contributed by atoms with E-state index >= 15 is 0 Å². The second-order valence-corrected chi connectivity index (χ2v) is 3.89. The predicted octanol–water partition coefficient (Wildman–Crippen LogP) is 3.14. The smallest absolute Gasteiger partial charge is 0.152 e. The minimum absolute atomic E-state index is 0.621. The van der Waals surface area contributed by atoms with Crippen molar-refractivity contribution in [2.24, 2.45) is 0 Å². The zero-order valence-electron chi connectivity index (χ0n) is 10.00. The highest BCUT2D eigenvalue weighted by Crippen LogP contribution is 2.26. The highest BCUT2D eigenvalue weighted by Gasteiger charge is 2.07. The van der Waals surface area contributed by atoms with Crippen LogP contribution in [0.3, 0.4) is 0 Å². The fourth-order valence-corrected chi connectivity index (χ4v) is 1.79. The first-order chi connectivity index (χ1) is 8.76. The standard InChI is InChI=1S/C15H12N2O/c1-17(14-8-6-12(10-16)7-9-14)15-5-3-2-4-13(15)11-18/h2-9,11H,1H3. The molecule has 2 aromatic rings. The summed E-state index contributed by atoms with van der Waals surface area (Å²) >= 11 is 0. The molecule has 18 heavy (non-hydrogen) atoms. The van der Waals surface area contributed by atoms with Crippen LogP contribution in [0.2, 0.25) is 0 Å². The van der Waals surface area contributed by atoms with Gasteiger partial charge in [-0.15, -0.1) is 0 Å². The molecular formula is C15H12N2O. The predicted molar refractivity (Wildman–Crippen MR) is 71.0 cm³/mol. The summed E-state index contributed by atoms with van der Waals surface area (Å²) in [7, 11) is 1.89. The molecule has 0 heterocycles. The van der Waals surface area contributed by atoms with E-state index in [9.17, 15) is 4.79 Å². The molecule has 0 aromatic heterocycles. The lowest BCUT2D eigenvalue weighted by Gasteiger charge is -2.21. The average Bonchev–Trinajstić information content (AvgIpc) is 2.46. The van der Waals surface area contributed by atoms with Crippen molar-refractivity contribution in [2.75, 3.05) is 11.9 Å². The summed E-state index contributed by atoms with van der Waals surface area (Å²) in [6.07, 6.45) is 0.843. The van der Waals surface area contributed by atoms with Gasteiger partial charge in [0.1, 0.15) is 0 Å². The van der Waals surface area contributed by atoms with Gasteiger partial charge in [-0.1, -0.05) is 12.1 Å². The number of nitrogens with zero attached hydrogens (tertiary/aromatic N) is 2. The maximum Gasteiger partial charge on any atom is 0.152 e. The molecule has 0 bridgehead atoms. The van der Waals surface area contributed by atoms with Crippen LogP contribution in [-0.2, 0) is 0 Å². The summed E-state index contributed by atoms with van der Waals surface area (Å²) in [4.78, 5) is 12.9. The lowest BCUT2D eigenvalue weighted by molar-refractivity contribution is 0.112. The Labute approximate surface area is 106 Å².